The third-order valence-corrected chi connectivity index (χ3v) is 3.48. The molecule has 0 unspecified atom stereocenters. The fourth-order valence-corrected chi connectivity index (χ4v) is 2.27. The summed E-state index contributed by atoms with van der Waals surface area (Å²) in [6.45, 7) is 1.32. The van der Waals surface area contributed by atoms with Crippen molar-refractivity contribution in [3.05, 3.63) is 54.1 Å². The maximum Gasteiger partial charge on any atom is 0.285 e. The van der Waals surface area contributed by atoms with Gasteiger partial charge in [0.2, 0.25) is 0 Å². The summed E-state index contributed by atoms with van der Waals surface area (Å²) in [5.41, 5.74) is 7.05. The number of nitrogens with two attached hydrogens (primary N) is 1. The number of nitrogen functional groups attached to an aromatic ring is 1. The van der Waals surface area contributed by atoms with E-state index in [0.29, 0.717) is 22.6 Å². The Balaban J connectivity index is 1.75. The van der Waals surface area contributed by atoms with Gasteiger partial charge in [0.15, 0.2) is 18.2 Å². The number of Topliss-reactive ketones (excluding diaryl/α,β-unsaturated/α-hetero) is 1. The molecule has 6 heteroatoms. The molecule has 2 aromatic carbocycles. The fourth-order valence-electron chi connectivity index (χ4n) is 2.27. The van der Waals surface area contributed by atoms with Gasteiger partial charge in [0.1, 0.15) is 5.75 Å². The largest absolute Gasteiger partial charge is 0.484 e. The van der Waals surface area contributed by atoms with E-state index >= 15 is 0 Å². The first-order valence-corrected chi connectivity index (χ1v) is 7.06. The first-order valence-electron chi connectivity index (χ1n) is 7.06. The number of fused-ring (bicyclic) bond motifs is 1. The molecule has 0 atom stereocenters. The van der Waals surface area contributed by atoms with Crippen molar-refractivity contribution in [2.24, 2.45) is 0 Å². The standard InChI is InChI=1S/C17H15N3O3/c1-11(21)12-6-8-13(9-7-12)23-10-16(22)20-15-5-3-2-4-14(15)17(18)19-20/h2-9H,10H2,1H3,(H2,18,19). The number of aromatic nitrogens is 2. The molecule has 116 valence electrons. The summed E-state index contributed by atoms with van der Waals surface area (Å²) in [5, 5.41) is 4.79. The second kappa shape index (κ2) is 5.92. The van der Waals surface area contributed by atoms with Crippen molar-refractivity contribution in [1.82, 2.24) is 9.78 Å². The molecule has 1 aromatic heterocycles. The predicted molar refractivity (Wildman–Crippen MR) is 86.7 cm³/mol. The number of ether oxygens (including phenoxy) is 1. The van der Waals surface area contributed by atoms with E-state index in [1.54, 1.807) is 30.3 Å². The lowest BCUT2D eigenvalue weighted by Gasteiger charge is -2.06. The van der Waals surface area contributed by atoms with Crippen LogP contribution in [0.15, 0.2) is 48.5 Å². The minimum atomic E-state index is -0.325. The lowest BCUT2D eigenvalue weighted by atomic mass is 10.1. The van der Waals surface area contributed by atoms with Crippen LogP contribution in [0.3, 0.4) is 0 Å². The van der Waals surface area contributed by atoms with Crippen molar-refractivity contribution in [3.63, 3.8) is 0 Å². The summed E-state index contributed by atoms with van der Waals surface area (Å²) >= 11 is 0. The number of ketones is 1. The van der Waals surface area contributed by atoms with Gasteiger partial charge in [-0.05, 0) is 43.3 Å². The summed E-state index contributed by atoms with van der Waals surface area (Å²) in [5.74, 6) is 0.465. The van der Waals surface area contributed by atoms with Crippen LogP contribution in [0.1, 0.15) is 22.1 Å². The molecule has 0 saturated carbocycles. The molecule has 0 bridgehead atoms. The number of carbonyl (C=O) groups excluding carboxylic acids is 2. The Morgan fingerprint density at radius 1 is 1.13 bits per heavy atom. The van der Waals surface area contributed by atoms with Crippen LogP contribution in [0.2, 0.25) is 0 Å². The Kier molecular flexibility index (Phi) is 3.80. The van der Waals surface area contributed by atoms with E-state index < -0.39 is 0 Å². The maximum absolute atomic E-state index is 12.3. The molecule has 0 spiro atoms. The third-order valence-electron chi connectivity index (χ3n) is 3.48. The highest BCUT2D eigenvalue weighted by molar-refractivity contribution is 5.97. The highest BCUT2D eigenvalue weighted by atomic mass is 16.5. The van der Waals surface area contributed by atoms with E-state index in [1.807, 2.05) is 18.2 Å². The molecule has 0 aliphatic carbocycles. The van der Waals surface area contributed by atoms with Crippen LogP contribution in [0, 0.1) is 0 Å². The molecule has 1 heterocycles. The first kappa shape index (κ1) is 14.8. The highest BCUT2D eigenvalue weighted by Gasteiger charge is 2.14. The monoisotopic (exact) mass is 309 g/mol. The van der Waals surface area contributed by atoms with Gasteiger partial charge >= 0.3 is 0 Å². The minimum Gasteiger partial charge on any atom is -0.484 e. The van der Waals surface area contributed by atoms with Crippen molar-refractivity contribution >= 4 is 28.4 Å². The van der Waals surface area contributed by atoms with Gasteiger partial charge in [-0.15, -0.1) is 5.10 Å². The molecule has 2 N–H and O–H groups in total. The van der Waals surface area contributed by atoms with E-state index in [-0.39, 0.29) is 18.3 Å². The maximum atomic E-state index is 12.3. The summed E-state index contributed by atoms with van der Waals surface area (Å²) in [7, 11) is 0. The molecular weight excluding hydrogens is 294 g/mol. The van der Waals surface area contributed by atoms with Gasteiger partial charge in [0, 0.05) is 10.9 Å². The molecule has 0 radical (unpaired) electrons. The summed E-state index contributed by atoms with van der Waals surface area (Å²) < 4.78 is 6.70. The molecule has 0 saturated heterocycles. The van der Waals surface area contributed by atoms with E-state index in [1.165, 1.54) is 11.6 Å². The van der Waals surface area contributed by atoms with Gasteiger partial charge in [0.25, 0.3) is 5.91 Å². The summed E-state index contributed by atoms with van der Waals surface area (Å²) in [6.07, 6.45) is 0. The zero-order chi connectivity index (χ0) is 16.4. The number of rotatable bonds is 4. The van der Waals surface area contributed by atoms with Crippen LogP contribution in [0.25, 0.3) is 10.9 Å². The van der Waals surface area contributed by atoms with Gasteiger partial charge in [0.05, 0.1) is 5.52 Å². The Labute approximate surface area is 132 Å². The van der Waals surface area contributed by atoms with E-state index in [0.717, 1.165) is 5.39 Å². The van der Waals surface area contributed by atoms with Crippen molar-refractivity contribution in [3.8, 4) is 5.75 Å². The fraction of sp³-hybridized carbons (Fsp3) is 0.118. The Bertz CT molecular complexity index is 882. The molecular formula is C17H15N3O3. The van der Waals surface area contributed by atoms with Gasteiger partial charge in [-0.1, -0.05) is 12.1 Å². The van der Waals surface area contributed by atoms with Gasteiger partial charge in [-0.2, -0.15) is 4.68 Å². The second-order valence-electron chi connectivity index (χ2n) is 5.08. The number of para-hydroxylation sites is 1. The van der Waals surface area contributed by atoms with E-state index in [4.69, 9.17) is 10.5 Å². The van der Waals surface area contributed by atoms with Crippen molar-refractivity contribution in [1.29, 1.82) is 0 Å². The molecule has 0 aliphatic heterocycles. The number of anilines is 1. The van der Waals surface area contributed by atoms with Crippen LogP contribution in [-0.4, -0.2) is 28.1 Å². The summed E-state index contributed by atoms with van der Waals surface area (Å²) in [4.78, 5) is 23.5. The lowest BCUT2D eigenvalue weighted by molar-refractivity contribution is 0.0827. The van der Waals surface area contributed by atoms with E-state index in [9.17, 15) is 9.59 Å². The topological polar surface area (TPSA) is 87.2 Å². The van der Waals surface area contributed by atoms with Crippen LogP contribution in [0.5, 0.6) is 5.75 Å². The van der Waals surface area contributed by atoms with E-state index in [2.05, 4.69) is 5.10 Å². The quantitative estimate of drug-likeness (QED) is 0.748. The van der Waals surface area contributed by atoms with Crippen LogP contribution in [-0.2, 0) is 0 Å². The number of carbonyl (C=O) groups is 2. The van der Waals surface area contributed by atoms with Gasteiger partial charge in [-0.3, -0.25) is 9.59 Å². The zero-order valence-electron chi connectivity index (χ0n) is 12.5. The number of hydrogen-bond acceptors (Lipinski definition) is 5. The molecule has 0 aliphatic rings. The van der Waals surface area contributed by atoms with Crippen molar-refractivity contribution in [2.45, 2.75) is 6.92 Å². The third kappa shape index (κ3) is 2.91. The van der Waals surface area contributed by atoms with Crippen LogP contribution >= 0.6 is 0 Å². The number of benzene rings is 2. The lowest BCUT2D eigenvalue weighted by Crippen LogP contribution is -2.20. The normalized spacial score (nSPS) is 10.7. The van der Waals surface area contributed by atoms with Crippen molar-refractivity contribution in [2.75, 3.05) is 12.3 Å². The average molecular weight is 309 g/mol. The summed E-state index contributed by atoms with van der Waals surface area (Å²) in [6, 6.07) is 13.9. The van der Waals surface area contributed by atoms with Crippen molar-refractivity contribution < 1.29 is 14.3 Å². The Hall–Kier alpha value is -3.15. The average Bonchev–Trinajstić information content (AvgIpc) is 2.90. The first-order chi connectivity index (χ1) is 11.1. The Morgan fingerprint density at radius 3 is 2.52 bits per heavy atom. The predicted octanol–water partition coefficient (Wildman–Crippen LogP) is 2.54. The zero-order valence-corrected chi connectivity index (χ0v) is 12.5. The molecule has 0 amide bonds. The van der Waals surface area contributed by atoms with Crippen LogP contribution in [0.4, 0.5) is 5.82 Å². The SMILES string of the molecule is CC(=O)c1ccc(OCC(=O)n2nc(N)c3ccccc32)cc1. The highest BCUT2D eigenvalue weighted by Crippen LogP contribution is 2.20. The number of hydrogen-bond donors (Lipinski definition) is 1. The van der Waals surface area contributed by atoms with Crippen LogP contribution < -0.4 is 10.5 Å². The molecule has 3 rings (SSSR count). The molecule has 3 aromatic rings. The second-order valence-corrected chi connectivity index (χ2v) is 5.08. The molecule has 23 heavy (non-hydrogen) atoms. The number of nitrogens with zero attached hydrogens (tertiary/aromatic N) is 2. The molecule has 6 nitrogen and oxygen atoms in total. The minimum absolute atomic E-state index is 0.0221. The van der Waals surface area contributed by atoms with Gasteiger partial charge in [-0.25, -0.2) is 0 Å². The Morgan fingerprint density at radius 2 is 1.83 bits per heavy atom. The van der Waals surface area contributed by atoms with Gasteiger partial charge < -0.3 is 10.5 Å². The molecule has 0 fully saturated rings. The smallest absolute Gasteiger partial charge is 0.285 e.